The van der Waals surface area contributed by atoms with Crippen LogP contribution in [0.5, 0.6) is 11.5 Å². The van der Waals surface area contributed by atoms with E-state index in [0.29, 0.717) is 35.9 Å². The molecule has 2 aromatic rings. The van der Waals surface area contributed by atoms with Crippen molar-refractivity contribution in [1.29, 1.82) is 0 Å². The van der Waals surface area contributed by atoms with Gasteiger partial charge in [0.15, 0.2) is 11.5 Å². The summed E-state index contributed by atoms with van der Waals surface area (Å²) in [5.41, 5.74) is 0.947. The minimum atomic E-state index is -0.155. The second-order valence-electron chi connectivity index (χ2n) is 6.39. The van der Waals surface area contributed by atoms with Crippen LogP contribution in [0.2, 0.25) is 0 Å². The minimum absolute atomic E-state index is 0.155. The molecule has 1 atom stereocenters. The average Bonchev–Trinajstić information content (AvgIpc) is 3.15. The van der Waals surface area contributed by atoms with E-state index < -0.39 is 0 Å². The summed E-state index contributed by atoms with van der Waals surface area (Å²) in [7, 11) is 3.22. The van der Waals surface area contributed by atoms with Crippen LogP contribution in [0.3, 0.4) is 0 Å². The highest BCUT2D eigenvalue weighted by atomic mass is 16.5. The lowest BCUT2D eigenvalue weighted by molar-refractivity contribution is -0.0450. The molecule has 1 unspecified atom stereocenters. The van der Waals surface area contributed by atoms with Crippen LogP contribution in [0, 0.1) is 0 Å². The molecule has 0 spiro atoms. The number of ether oxygens (including phenoxy) is 3. The van der Waals surface area contributed by atoms with Crippen LogP contribution in [0.25, 0.3) is 12.2 Å². The Labute approximate surface area is 153 Å². The molecule has 0 saturated carbocycles. The molecule has 26 heavy (non-hydrogen) atoms. The number of methoxy groups -OCH3 is 2. The molecule has 3 rings (SSSR count). The molecule has 7 heteroatoms. The van der Waals surface area contributed by atoms with Gasteiger partial charge in [0.2, 0.25) is 5.82 Å². The zero-order valence-electron chi connectivity index (χ0n) is 15.6. The lowest BCUT2D eigenvalue weighted by Crippen LogP contribution is -2.42. The van der Waals surface area contributed by atoms with E-state index in [-0.39, 0.29) is 6.10 Å². The third-order valence-corrected chi connectivity index (χ3v) is 4.40. The van der Waals surface area contributed by atoms with Crippen molar-refractivity contribution >= 4 is 12.2 Å². The van der Waals surface area contributed by atoms with Gasteiger partial charge in [0.1, 0.15) is 6.10 Å². The van der Waals surface area contributed by atoms with Crippen LogP contribution in [-0.4, -0.2) is 55.0 Å². The number of rotatable bonds is 6. The fourth-order valence-electron chi connectivity index (χ4n) is 2.86. The highest BCUT2D eigenvalue weighted by Gasteiger charge is 2.27. The molecule has 1 fully saturated rings. The first-order valence-electron chi connectivity index (χ1n) is 8.70. The van der Waals surface area contributed by atoms with Crippen molar-refractivity contribution in [3.8, 4) is 11.5 Å². The number of hydrogen-bond donors (Lipinski definition) is 0. The predicted octanol–water partition coefficient (Wildman–Crippen LogP) is 3.04. The largest absolute Gasteiger partial charge is 0.493 e. The Balaban J connectivity index is 1.69. The highest BCUT2D eigenvalue weighted by Crippen LogP contribution is 2.28. The summed E-state index contributed by atoms with van der Waals surface area (Å²) in [6.45, 7) is 6.73. The normalized spacial score (nSPS) is 18.6. The molecule has 1 saturated heterocycles. The molecule has 0 bridgehead atoms. The van der Waals surface area contributed by atoms with Crippen molar-refractivity contribution in [1.82, 2.24) is 15.0 Å². The smallest absolute Gasteiger partial charge is 0.250 e. The summed E-state index contributed by atoms with van der Waals surface area (Å²) in [4.78, 5) is 6.80. The zero-order chi connectivity index (χ0) is 18.5. The molecule has 2 heterocycles. The van der Waals surface area contributed by atoms with E-state index in [2.05, 4.69) is 28.9 Å². The second-order valence-corrected chi connectivity index (χ2v) is 6.39. The summed E-state index contributed by atoms with van der Waals surface area (Å²) in [6.07, 6.45) is 3.51. The van der Waals surface area contributed by atoms with Crippen molar-refractivity contribution in [2.75, 3.05) is 33.9 Å². The Hall–Kier alpha value is -2.38. The number of benzene rings is 1. The van der Waals surface area contributed by atoms with Gasteiger partial charge in [0, 0.05) is 25.2 Å². The standard InChI is InChI=1S/C19H25N3O4/c1-13(2)22-9-10-25-17(12-22)19-20-18(26-21-19)8-6-14-5-7-15(23-3)16(11-14)24-4/h5-8,11,13,17H,9-10,12H2,1-4H3. The Kier molecular flexibility index (Phi) is 5.90. The summed E-state index contributed by atoms with van der Waals surface area (Å²) < 4.78 is 21.7. The summed E-state index contributed by atoms with van der Waals surface area (Å²) in [5.74, 6) is 2.39. The van der Waals surface area contributed by atoms with Gasteiger partial charge in [0.25, 0.3) is 5.89 Å². The monoisotopic (exact) mass is 359 g/mol. The van der Waals surface area contributed by atoms with Crippen molar-refractivity contribution in [3.63, 3.8) is 0 Å². The van der Waals surface area contributed by atoms with E-state index >= 15 is 0 Å². The molecule has 7 nitrogen and oxygen atoms in total. The van der Waals surface area contributed by atoms with Gasteiger partial charge in [-0.15, -0.1) is 0 Å². The summed E-state index contributed by atoms with van der Waals surface area (Å²) in [6, 6.07) is 6.14. The third-order valence-electron chi connectivity index (χ3n) is 4.40. The van der Waals surface area contributed by atoms with Crippen LogP contribution >= 0.6 is 0 Å². The number of nitrogens with zero attached hydrogens (tertiary/aromatic N) is 3. The van der Waals surface area contributed by atoms with Crippen molar-refractivity contribution in [2.45, 2.75) is 26.0 Å². The topological polar surface area (TPSA) is 69.9 Å². The van der Waals surface area contributed by atoms with Gasteiger partial charge in [-0.3, -0.25) is 4.90 Å². The molecule has 0 radical (unpaired) electrons. The molecule has 0 amide bonds. The SMILES string of the molecule is COc1ccc(C=Cc2nc(C3CN(C(C)C)CCO3)no2)cc1OC. The molecule has 0 N–H and O–H groups in total. The summed E-state index contributed by atoms with van der Waals surface area (Å²) in [5, 5.41) is 4.07. The first kappa shape index (κ1) is 18.4. The van der Waals surface area contributed by atoms with Crippen LogP contribution in [-0.2, 0) is 4.74 Å². The lowest BCUT2D eigenvalue weighted by atomic mass is 10.2. The van der Waals surface area contributed by atoms with Crippen LogP contribution in [0.15, 0.2) is 22.7 Å². The quantitative estimate of drug-likeness (QED) is 0.785. The van der Waals surface area contributed by atoms with Crippen molar-refractivity contribution in [2.24, 2.45) is 0 Å². The average molecular weight is 359 g/mol. The minimum Gasteiger partial charge on any atom is -0.493 e. The van der Waals surface area contributed by atoms with E-state index in [1.54, 1.807) is 20.3 Å². The van der Waals surface area contributed by atoms with Crippen LogP contribution in [0.4, 0.5) is 0 Å². The van der Waals surface area contributed by atoms with Crippen molar-refractivity contribution < 1.29 is 18.7 Å². The third kappa shape index (κ3) is 4.23. The Bertz CT molecular complexity index is 757. The van der Waals surface area contributed by atoms with Gasteiger partial charge >= 0.3 is 0 Å². The molecule has 140 valence electrons. The van der Waals surface area contributed by atoms with Gasteiger partial charge in [-0.2, -0.15) is 4.98 Å². The van der Waals surface area contributed by atoms with Crippen LogP contribution in [0.1, 0.15) is 37.2 Å². The number of morpholine rings is 1. The fraction of sp³-hybridized carbons (Fsp3) is 0.474. The van der Waals surface area contributed by atoms with Gasteiger partial charge in [-0.1, -0.05) is 11.2 Å². The maximum absolute atomic E-state index is 5.80. The zero-order valence-corrected chi connectivity index (χ0v) is 15.6. The van der Waals surface area contributed by atoms with E-state index in [4.69, 9.17) is 18.7 Å². The van der Waals surface area contributed by atoms with Gasteiger partial charge in [0.05, 0.1) is 20.8 Å². The molecule has 1 aromatic carbocycles. The fourth-order valence-corrected chi connectivity index (χ4v) is 2.86. The van der Waals surface area contributed by atoms with E-state index in [1.165, 1.54) is 0 Å². The first-order chi connectivity index (χ1) is 12.6. The predicted molar refractivity (Wildman–Crippen MR) is 98.2 cm³/mol. The molecular weight excluding hydrogens is 334 g/mol. The lowest BCUT2D eigenvalue weighted by Gasteiger charge is -2.34. The number of aromatic nitrogens is 2. The van der Waals surface area contributed by atoms with Gasteiger partial charge < -0.3 is 18.7 Å². The Morgan fingerprint density at radius 2 is 2.00 bits per heavy atom. The highest BCUT2D eigenvalue weighted by molar-refractivity contribution is 5.67. The molecule has 1 aliphatic heterocycles. The molecular formula is C19H25N3O4. The maximum atomic E-state index is 5.80. The van der Waals surface area contributed by atoms with Gasteiger partial charge in [-0.05, 0) is 37.6 Å². The molecule has 1 aliphatic rings. The summed E-state index contributed by atoms with van der Waals surface area (Å²) >= 11 is 0. The Morgan fingerprint density at radius 1 is 1.19 bits per heavy atom. The van der Waals surface area contributed by atoms with Crippen LogP contribution < -0.4 is 9.47 Å². The number of hydrogen-bond acceptors (Lipinski definition) is 7. The Morgan fingerprint density at radius 3 is 2.73 bits per heavy atom. The van der Waals surface area contributed by atoms with Gasteiger partial charge in [-0.25, -0.2) is 0 Å². The molecule has 1 aromatic heterocycles. The molecule has 0 aliphatic carbocycles. The maximum Gasteiger partial charge on any atom is 0.250 e. The first-order valence-corrected chi connectivity index (χ1v) is 8.70. The van der Waals surface area contributed by atoms with E-state index in [1.807, 2.05) is 24.3 Å². The second kappa shape index (κ2) is 8.33. The van der Waals surface area contributed by atoms with E-state index in [0.717, 1.165) is 18.7 Å². The van der Waals surface area contributed by atoms with E-state index in [9.17, 15) is 0 Å². The van der Waals surface area contributed by atoms with Crippen molar-refractivity contribution in [3.05, 3.63) is 35.5 Å².